The first-order valence-electron chi connectivity index (χ1n) is 8.87. The fraction of sp³-hybridized carbons (Fsp3) is 0.476. The first-order valence-corrected chi connectivity index (χ1v) is 8.87. The van der Waals surface area contributed by atoms with Crippen molar-refractivity contribution in [2.75, 3.05) is 0 Å². The minimum absolute atomic E-state index is 0.353. The maximum Gasteiger partial charge on any atom is 0.303 e. The van der Waals surface area contributed by atoms with Gasteiger partial charge in [0.05, 0.1) is 0 Å². The molecule has 2 heteroatoms. The summed E-state index contributed by atoms with van der Waals surface area (Å²) in [6, 6.07) is 10.8. The van der Waals surface area contributed by atoms with Gasteiger partial charge in [0.25, 0.3) is 0 Å². The Balaban J connectivity index is 1.50. The van der Waals surface area contributed by atoms with Crippen molar-refractivity contribution in [3.63, 3.8) is 0 Å². The summed E-state index contributed by atoms with van der Waals surface area (Å²) in [7, 11) is 0. The van der Waals surface area contributed by atoms with E-state index in [1.54, 1.807) is 0 Å². The Kier molecular flexibility index (Phi) is 2.86. The zero-order valence-electron chi connectivity index (χ0n) is 13.1. The Morgan fingerprint density at radius 1 is 1.00 bits per heavy atom. The predicted molar refractivity (Wildman–Crippen MR) is 88.8 cm³/mol. The zero-order chi connectivity index (χ0) is 15.6. The van der Waals surface area contributed by atoms with Gasteiger partial charge in [-0.25, -0.2) is 0 Å². The van der Waals surface area contributed by atoms with E-state index in [1.807, 2.05) is 0 Å². The number of allylic oxidation sites excluding steroid dienone is 4. The molecule has 23 heavy (non-hydrogen) atoms. The predicted octanol–water partition coefficient (Wildman–Crippen LogP) is 4.12. The van der Waals surface area contributed by atoms with Crippen LogP contribution in [0.5, 0.6) is 0 Å². The lowest BCUT2D eigenvalue weighted by Crippen LogP contribution is -2.50. The molecule has 1 N–H and O–H groups in total. The molecular formula is C21H22O2. The fourth-order valence-corrected chi connectivity index (χ4v) is 6.28. The standard InChI is InChI=1S/C21H22O2/c22-19(23)11-17-16-9-8-15-14(12-4-2-1-3-5-12)7-6-13-10-18(17)21(16)20(13)15/h1-9,13-18,20-21H,10-11H2,(H,22,23)/t13-,14+,15+,16-,17-,18+,20-,21-/m0/s1. The quantitative estimate of drug-likeness (QED) is 0.853. The van der Waals surface area contributed by atoms with Crippen LogP contribution in [-0.2, 0) is 4.79 Å². The summed E-state index contributed by atoms with van der Waals surface area (Å²) in [5.41, 5.74) is 1.42. The Bertz CT molecular complexity index is 689. The molecule has 0 radical (unpaired) electrons. The number of benzene rings is 1. The SMILES string of the molecule is O=C(O)C[C@H]1[C@@H]2C=C[C@H]3[C@H]4[C@@H]2[C@@H]1C[C@@H]4C=C[C@@H]3c1ccccc1. The third-order valence-corrected chi connectivity index (χ3v) is 7.04. The summed E-state index contributed by atoms with van der Waals surface area (Å²) in [6.45, 7) is 0. The van der Waals surface area contributed by atoms with Crippen molar-refractivity contribution in [1.82, 2.24) is 0 Å². The molecule has 4 aliphatic rings. The van der Waals surface area contributed by atoms with Crippen LogP contribution < -0.4 is 0 Å². The largest absolute Gasteiger partial charge is 0.481 e. The number of carbonyl (C=O) groups is 1. The van der Waals surface area contributed by atoms with Crippen LogP contribution in [0.2, 0.25) is 0 Å². The van der Waals surface area contributed by atoms with Gasteiger partial charge in [0, 0.05) is 12.3 Å². The lowest BCUT2D eigenvalue weighted by atomic mass is 9.50. The molecule has 0 saturated heterocycles. The Labute approximate surface area is 136 Å². The number of rotatable bonds is 3. The summed E-state index contributed by atoms with van der Waals surface area (Å²) in [4.78, 5) is 11.2. The summed E-state index contributed by atoms with van der Waals surface area (Å²) in [6.07, 6.45) is 11.2. The molecule has 0 spiro atoms. The molecule has 0 bridgehead atoms. The first kappa shape index (κ1) is 13.6. The van der Waals surface area contributed by atoms with E-state index >= 15 is 0 Å². The van der Waals surface area contributed by atoms with Crippen molar-refractivity contribution in [1.29, 1.82) is 0 Å². The summed E-state index contributed by atoms with van der Waals surface area (Å²) < 4.78 is 0. The third-order valence-electron chi connectivity index (χ3n) is 7.04. The van der Waals surface area contributed by atoms with Gasteiger partial charge in [-0.1, -0.05) is 54.6 Å². The number of aliphatic carboxylic acids is 1. The zero-order valence-corrected chi connectivity index (χ0v) is 13.1. The van der Waals surface area contributed by atoms with Crippen LogP contribution >= 0.6 is 0 Å². The Hall–Kier alpha value is -1.83. The average Bonchev–Trinajstić information content (AvgIpc) is 2.92. The van der Waals surface area contributed by atoms with Gasteiger partial charge in [-0.2, -0.15) is 0 Å². The second kappa shape index (κ2) is 4.83. The third kappa shape index (κ3) is 1.84. The molecule has 1 aromatic carbocycles. The molecule has 118 valence electrons. The van der Waals surface area contributed by atoms with Gasteiger partial charge in [0.1, 0.15) is 0 Å². The lowest BCUT2D eigenvalue weighted by molar-refractivity contribution is -0.142. The van der Waals surface area contributed by atoms with Gasteiger partial charge < -0.3 is 5.11 Å². The van der Waals surface area contributed by atoms with Crippen molar-refractivity contribution >= 4 is 5.97 Å². The van der Waals surface area contributed by atoms with Crippen molar-refractivity contribution in [2.24, 2.45) is 41.4 Å². The minimum Gasteiger partial charge on any atom is -0.481 e. The number of hydrogen-bond donors (Lipinski definition) is 1. The lowest BCUT2D eigenvalue weighted by Gasteiger charge is -2.54. The van der Waals surface area contributed by atoms with E-state index in [0.717, 1.165) is 11.8 Å². The van der Waals surface area contributed by atoms with Gasteiger partial charge in [0.2, 0.25) is 0 Å². The molecule has 0 aliphatic heterocycles. The molecular weight excluding hydrogens is 284 g/mol. The average molecular weight is 306 g/mol. The smallest absolute Gasteiger partial charge is 0.303 e. The highest BCUT2D eigenvalue weighted by atomic mass is 16.4. The molecule has 5 rings (SSSR count). The summed E-state index contributed by atoms with van der Waals surface area (Å²) in [5.74, 6) is 4.13. The highest BCUT2D eigenvalue weighted by Gasteiger charge is 2.62. The summed E-state index contributed by atoms with van der Waals surface area (Å²) in [5, 5.41) is 9.21. The topological polar surface area (TPSA) is 37.3 Å². The first-order chi connectivity index (χ1) is 11.2. The molecule has 0 aromatic heterocycles. The van der Waals surface area contributed by atoms with Crippen molar-refractivity contribution in [2.45, 2.75) is 18.8 Å². The maximum atomic E-state index is 11.2. The number of carboxylic acids is 1. The van der Waals surface area contributed by atoms with Gasteiger partial charge in [-0.3, -0.25) is 4.79 Å². The van der Waals surface area contributed by atoms with Gasteiger partial charge in [-0.15, -0.1) is 0 Å². The van der Waals surface area contributed by atoms with E-state index in [9.17, 15) is 9.90 Å². The van der Waals surface area contributed by atoms with E-state index in [1.165, 1.54) is 12.0 Å². The van der Waals surface area contributed by atoms with Crippen LogP contribution in [0, 0.1) is 41.4 Å². The van der Waals surface area contributed by atoms with E-state index in [2.05, 4.69) is 54.6 Å². The van der Waals surface area contributed by atoms with Crippen LogP contribution in [0.15, 0.2) is 54.6 Å². The van der Waals surface area contributed by atoms with Crippen LogP contribution in [-0.4, -0.2) is 11.1 Å². The second-order valence-corrected chi connectivity index (χ2v) is 7.84. The van der Waals surface area contributed by atoms with Gasteiger partial charge >= 0.3 is 5.97 Å². The molecule has 4 aliphatic carbocycles. The molecule has 2 saturated carbocycles. The second-order valence-electron chi connectivity index (χ2n) is 7.84. The molecule has 1 aromatic rings. The highest BCUT2D eigenvalue weighted by Crippen LogP contribution is 2.67. The van der Waals surface area contributed by atoms with E-state index in [4.69, 9.17) is 0 Å². The Morgan fingerprint density at radius 2 is 1.78 bits per heavy atom. The summed E-state index contributed by atoms with van der Waals surface area (Å²) >= 11 is 0. The molecule has 2 nitrogen and oxygen atoms in total. The molecule has 0 amide bonds. The Morgan fingerprint density at radius 3 is 2.57 bits per heavy atom. The van der Waals surface area contributed by atoms with Crippen LogP contribution in [0.3, 0.4) is 0 Å². The van der Waals surface area contributed by atoms with Crippen LogP contribution in [0.25, 0.3) is 0 Å². The fourth-order valence-electron chi connectivity index (χ4n) is 6.28. The minimum atomic E-state index is -0.628. The molecule has 0 heterocycles. The van der Waals surface area contributed by atoms with Crippen LogP contribution in [0.4, 0.5) is 0 Å². The number of hydrogen-bond acceptors (Lipinski definition) is 1. The van der Waals surface area contributed by atoms with Crippen molar-refractivity contribution in [3.8, 4) is 0 Å². The van der Waals surface area contributed by atoms with E-state index in [0.29, 0.717) is 41.9 Å². The van der Waals surface area contributed by atoms with Gasteiger partial charge in [-0.05, 0) is 53.4 Å². The molecule has 0 unspecified atom stereocenters. The molecule has 2 fully saturated rings. The normalized spacial score (nSPS) is 45.4. The highest BCUT2D eigenvalue weighted by molar-refractivity contribution is 5.67. The van der Waals surface area contributed by atoms with Crippen LogP contribution in [0.1, 0.15) is 24.3 Å². The van der Waals surface area contributed by atoms with E-state index in [-0.39, 0.29) is 0 Å². The van der Waals surface area contributed by atoms with Gasteiger partial charge in [0.15, 0.2) is 0 Å². The molecule has 8 atom stereocenters. The van der Waals surface area contributed by atoms with Crippen molar-refractivity contribution < 1.29 is 9.90 Å². The monoisotopic (exact) mass is 306 g/mol. The number of carboxylic acid groups (broad SMARTS) is 1. The van der Waals surface area contributed by atoms with Crippen molar-refractivity contribution in [3.05, 3.63) is 60.2 Å². The van der Waals surface area contributed by atoms with E-state index < -0.39 is 5.97 Å². The maximum absolute atomic E-state index is 11.2.